The molecule has 28 heavy (non-hydrogen) atoms. The highest BCUT2D eigenvalue weighted by atomic mass is 35.5. The number of carbonyl (C=O) groups excluding carboxylic acids is 2. The molecule has 1 aromatic rings. The lowest BCUT2D eigenvalue weighted by molar-refractivity contribution is -0.122. The number of nitrogens with one attached hydrogen (secondary N) is 3. The highest BCUT2D eigenvalue weighted by Crippen LogP contribution is 2.17. The van der Waals surface area contributed by atoms with Crippen LogP contribution in [0.1, 0.15) is 29.6 Å². The fourth-order valence-electron chi connectivity index (χ4n) is 3.41. The SMILES string of the molecule is Cl.O=C1CN(S(=O)(=O)c2ccc(C(=O)NCCC3CCCNC3)cc2)CCN1. The average Bonchev–Trinajstić information content (AvgIpc) is 2.69. The summed E-state index contributed by atoms with van der Waals surface area (Å²) < 4.78 is 26.4. The number of benzene rings is 1. The second-order valence-corrected chi connectivity index (χ2v) is 8.91. The Morgan fingerprint density at radius 3 is 2.61 bits per heavy atom. The van der Waals surface area contributed by atoms with Gasteiger partial charge < -0.3 is 16.0 Å². The molecule has 1 atom stereocenters. The molecule has 2 heterocycles. The van der Waals surface area contributed by atoms with Gasteiger partial charge in [0.15, 0.2) is 0 Å². The Labute approximate surface area is 171 Å². The van der Waals surface area contributed by atoms with Crippen LogP contribution < -0.4 is 16.0 Å². The van der Waals surface area contributed by atoms with E-state index in [0.29, 0.717) is 24.6 Å². The number of hydrogen-bond donors (Lipinski definition) is 3. The van der Waals surface area contributed by atoms with Crippen LogP contribution in [0.3, 0.4) is 0 Å². The lowest BCUT2D eigenvalue weighted by Gasteiger charge is -2.25. The molecule has 0 spiro atoms. The standard InChI is InChI=1S/C18H26N4O4S.ClH/c23-17-13-22(11-10-20-17)27(25,26)16-5-3-15(4-6-16)18(24)21-9-7-14-2-1-8-19-12-14;/h3-6,14,19H,1-2,7-13H2,(H,20,23)(H,21,24);1H. The van der Waals surface area contributed by atoms with Gasteiger partial charge in [-0.1, -0.05) is 0 Å². The molecule has 0 bridgehead atoms. The van der Waals surface area contributed by atoms with E-state index in [1.807, 2.05) is 0 Å². The summed E-state index contributed by atoms with van der Waals surface area (Å²) in [5.74, 6) is 0.0716. The second-order valence-electron chi connectivity index (χ2n) is 6.97. The maximum Gasteiger partial charge on any atom is 0.251 e. The zero-order chi connectivity index (χ0) is 19.3. The first-order valence-corrected chi connectivity index (χ1v) is 10.8. The Morgan fingerprint density at radius 1 is 1.21 bits per heavy atom. The quantitative estimate of drug-likeness (QED) is 0.603. The molecule has 3 rings (SSSR count). The highest BCUT2D eigenvalue weighted by molar-refractivity contribution is 7.89. The molecule has 2 aliphatic rings. The summed E-state index contributed by atoms with van der Waals surface area (Å²) in [6.45, 7) is 3.04. The number of rotatable bonds is 6. The van der Waals surface area contributed by atoms with Crippen LogP contribution in [0.25, 0.3) is 0 Å². The first-order chi connectivity index (χ1) is 13.0. The van der Waals surface area contributed by atoms with Crippen molar-refractivity contribution in [3.63, 3.8) is 0 Å². The molecule has 156 valence electrons. The smallest absolute Gasteiger partial charge is 0.251 e. The Morgan fingerprint density at radius 2 is 1.96 bits per heavy atom. The maximum absolute atomic E-state index is 12.6. The molecule has 1 aromatic carbocycles. The van der Waals surface area contributed by atoms with Crippen molar-refractivity contribution in [2.75, 3.05) is 39.3 Å². The molecule has 2 fully saturated rings. The van der Waals surface area contributed by atoms with Gasteiger partial charge in [-0.3, -0.25) is 9.59 Å². The summed E-state index contributed by atoms with van der Waals surface area (Å²) in [7, 11) is -3.74. The molecule has 0 saturated carbocycles. The van der Waals surface area contributed by atoms with Gasteiger partial charge in [0.05, 0.1) is 11.4 Å². The minimum Gasteiger partial charge on any atom is -0.354 e. The van der Waals surface area contributed by atoms with E-state index in [-0.39, 0.29) is 42.2 Å². The average molecular weight is 431 g/mol. The van der Waals surface area contributed by atoms with E-state index in [1.165, 1.54) is 37.1 Å². The molecule has 2 aliphatic heterocycles. The molecular weight excluding hydrogens is 404 g/mol. The third-order valence-corrected chi connectivity index (χ3v) is 6.85. The minimum atomic E-state index is -3.74. The van der Waals surface area contributed by atoms with Gasteiger partial charge in [-0.05, 0) is 62.5 Å². The topological polar surface area (TPSA) is 108 Å². The number of hydrogen-bond acceptors (Lipinski definition) is 5. The van der Waals surface area contributed by atoms with Crippen molar-refractivity contribution in [3.05, 3.63) is 29.8 Å². The lowest BCUT2D eigenvalue weighted by Crippen LogP contribution is -2.49. The molecule has 3 N–H and O–H groups in total. The van der Waals surface area contributed by atoms with Crippen molar-refractivity contribution in [2.45, 2.75) is 24.2 Å². The third-order valence-electron chi connectivity index (χ3n) is 4.99. The highest BCUT2D eigenvalue weighted by Gasteiger charge is 2.29. The Kier molecular flexibility index (Phi) is 8.23. The van der Waals surface area contributed by atoms with Gasteiger partial charge >= 0.3 is 0 Å². The van der Waals surface area contributed by atoms with Crippen molar-refractivity contribution in [2.24, 2.45) is 5.92 Å². The van der Waals surface area contributed by atoms with Crippen LogP contribution in [0.5, 0.6) is 0 Å². The Bertz CT molecular complexity index is 779. The first kappa shape index (κ1) is 22.6. The van der Waals surface area contributed by atoms with Crippen LogP contribution in [-0.4, -0.2) is 63.8 Å². The molecule has 10 heteroatoms. The predicted octanol–water partition coefficient (Wildman–Crippen LogP) is 0.348. The second kappa shape index (κ2) is 10.2. The molecule has 0 aliphatic carbocycles. The molecule has 2 saturated heterocycles. The van der Waals surface area contributed by atoms with E-state index in [0.717, 1.165) is 23.8 Å². The van der Waals surface area contributed by atoms with Gasteiger partial charge in [-0.25, -0.2) is 8.42 Å². The number of carbonyl (C=O) groups is 2. The predicted molar refractivity (Wildman–Crippen MR) is 108 cm³/mol. The van der Waals surface area contributed by atoms with E-state index in [1.54, 1.807) is 0 Å². The summed E-state index contributed by atoms with van der Waals surface area (Å²) >= 11 is 0. The number of piperidine rings is 1. The van der Waals surface area contributed by atoms with Gasteiger partial charge in [0.1, 0.15) is 0 Å². The molecule has 0 aromatic heterocycles. The molecular formula is C18H27ClN4O4S. The van der Waals surface area contributed by atoms with Gasteiger partial charge in [-0.15, -0.1) is 12.4 Å². The van der Waals surface area contributed by atoms with Crippen LogP contribution >= 0.6 is 12.4 Å². The normalized spacial score (nSPS) is 20.7. The van der Waals surface area contributed by atoms with Crippen molar-refractivity contribution < 1.29 is 18.0 Å². The lowest BCUT2D eigenvalue weighted by atomic mass is 9.96. The zero-order valence-electron chi connectivity index (χ0n) is 15.6. The number of piperazine rings is 1. The van der Waals surface area contributed by atoms with Gasteiger partial charge in [-0.2, -0.15) is 4.31 Å². The van der Waals surface area contributed by atoms with E-state index in [2.05, 4.69) is 16.0 Å². The summed E-state index contributed by atoms with van der Waals surface area (Å²) in [5, 5.41) is 8.85. The third kappa shape index (κ3) is 5.66. The number of amides is 2. The van der Waals surface area contributed by atoms with E-state index < -0.39 is 10.0 Å². The van der Waals surface area contributed by atoms with Crippen molar-refractivity contribution >= 4 is 34.2 Å². The van der Waals surface area contributed by atoms with Gasteiger partial charge in [0.2, 0.25) is 15.9 Å². The molecule has 2 amide bonds. The Hall–Kier alpha value is -1.68. The maximum atomic E-state index is 12.6. The van der Waals surface area contributed by atoms with E-state index in [4.69, 9.17) is 0 Å². The molecule has 1 unspecified atom stereocenters. The van der Waals surface area contributed by atoms with Gasteiger partial charge in [0.25, 0.3) is 5.91 Å². The fourth-order valence-corrected chi connectivity index (χ4v) is 4.81. The monoisotopic (exact) mass is 430 g/mol. The molecule has 0 radical (unpaired) electrons. The first-order valence-electron chi connectivity index (χ1n) is 9.32. The number of nitrogens with zero attached hydrogens (tertiary/aromatic N) is 1. The van der Waals surface area contributed by atoms with Crippen molar-refractivity contribution in [1.29, 1.82) is 0 Å². The van der Waals surface area contributed by atoms with Crippen molar-refractivity contribution in [1.82, 2.24) is 20.3 Å². The van der Waals surface area contributed by atoms with Crippen LogP contribution in [0.4, 0.5) is 0 Å². The number of halogens is 1. The number of sulfonamides is 1. The Balaban J connectivity index is 0.00000280. The minimum absolute atomic E-state index is 0. The van der Waals surface area contributed by atoms with Crippen molar-refractivity contribution in [3.8, 4) is 0 Å². The van der Waals surface area contributed by atoms with Gasteiger partial charge in [0, 0.05) is 25.2 Å². The molecule has 8 nitrogen and oxygen atoms in total. The summed E-state index contributed by atoms with van der Waals surface area (Å²) in [5.41, 5.74) is 0.423. The van der Waals surface area contributed by atoms with E-state index in [9.17, 15) is 18.0 Å². The van der Waals surface area contributed by atoms with Crippen LogP contribution in [0.15, 0.2) is 29.2 Å². The summed E-state index contributed by atoms with van der Waals surface area (Å²) in [6, 6.07) is 5.85. The van der Waals surface area contributed by atoms with Crippen LogP contribution in [0, 0.1) is 5.92 Å². The van der Waals surface area contributed by atoms with Crippen LogP contribution in [0.2, 0.25) is 0 Å². The fraction of sp³-hybridized carbons (Fsp3) is 0.556. The largest absolute Gasteiger partial charge is 0.354 e. The zero-order valence-corrected chi connectivity index (χ0v) is 17.3. The summed E-state index contributed by atoms with van der Waals surface area (Å²) in [6.07, 6.45) is 3.29. The van der Waals surface area contributed by atoms with E-state index >= 15 is 0 Å². The van der Waals surface area contributed by atoms with Crippen LogP contribution in [-0.2, 0) is 14.8 Å². The summed E-state index contributed by atoms with van der Waals surface area (Å²) in [4.78, 5) is 23.8.